The fourth-order valence-electron chi connectivity index (χ4n) is 4.03. The molecule has 0 heterocycles. The van der Waals surface area contributed by atoms with Crippen molar-refractivity contribution in [1.82, 2.24) is 0 Å². The molecule has 0 bridgehead atoms. The smallest absolute Gasteiger partial charge is 0.497 e. The van der Waals surface area contributed by atoms with E-state index in [0.29, 0.717) is 33.4 Å². The van der Waals surface area contributed by atoms with Crippen LogP contribution in [0.2, 0.25) is 0 Å². The maximum atomic E-state index is 14.4. The number of hydrogen-bond donors (Lipinski definition) is 0. The van der Waals surface area contributed by atoms with E-state index in [1.807, 2.05) is 78.9 Å². The van der Waals surface area contributed by atoms with Crippen LogP contribution in [0.1, 0.15) is 11.1 Å². The molecule has 13 heteroatoms. The fraction of sp³-hybridized carbons (Fsp3) is 0.0312. The van der Waals surface area contributed by atoms with E-state index in [4.69, 9.17) is 4.74 Å². The molecule has 45 heavy (non-hydrogen) atoms. The number of ether oxygens (including phenoxy) is 1. The van der Waals surface area contributed by atoms with Crippen molar-refractivity contribution in [2.45, 2.75) is 19.6 Å². The first-order valence-corrected chi connectivity index (χ1v) is 14.5. The molecule has 232 valence electrons. The van der Waals surface area contributed by atoms with Crippen LogP contribution in [0, 0.1) is 23.3 Å². The quantitative estimate of drug-likeness (QED) is 0.0413. The molecule has 0 aliphatic heterocycles. The summed E-state index contributed by atoms with van der Waals surface area (Å²) in [5.41, 5.74) is 2.81. The predicted octanol–water partition coefficient (Wildman–Crippen LogP) is 10.5. The van der Waals surface area contributed by atoms with Crippen LogP contribution in [0.5, 0.6) is 5.75 Å². The predicted molar refractivity (Wildman–Crippen MR) is 161 cm³/mol. The first kappa shape index (κ1) is 33.7. The van der Waals surface area contributed by atoms with Crippen LogP contribution >= 0.6 is 23.5 Å². The third-order valence-electron chi connectivity index (χ3n) is 6.06. The molecule has 0 saturated heterocycles. The van der Waals surface area contributed by atoms with E-state index < -0.39 is 30.5 Å². The van der Waals surface area contributed by atoms with Crippen LogP contribution in [0.3, 0.4) is 0 Å². The van der Waals surface area contributed by atoms with Gasteiger partial charge in [-0.2, -0.15) is 0 Å². The highest BCUT2D eigenvalue weighted by Gasteiger charge is 2.22. The van der Waals surface area contributed by atoms with Crippen LogP contribution < -0.4 is 4.74 Å². The maximum Gasteiger partial charge on any atom is 0.673 e. The van der Waals surface area contributed by atoms with Crippen molar-refractivity contribution in [3.63, 3.8) is 0 Å². The molecular weight excluding hydrogens is 643 g/mol. The van der Waals surface area contributed by atoms with E-state index in [9.17, 15) is 39.6 Å². The lowest BCUT2D eigenvalue weighted by Gasteiger charge is -2.13. The van der Waals surface area contributed by atoms with Gasteiger partial charge in [0.25, 0.3) is 0 Å². The summed E-state index contributed by atoms with van der Waals surface area (Å²) in [6, 6.07) is 30.1. The molecule has 5 rings (SSSR count). The second kappa shape index (κ2) is 14.7. The lowest BCUT2D eigenvalue weighted by Crippen LogP contribution is -2.04. The van der Waals surface area contributed by atoms with Crippen molar-refractivity contribution in [2.75, 3.05) is 7.11 Å². The summed E-state index contributed by atoms with van der Waals surface area (Å²) in [6.07, 6.45) is 0. The largest absolute Gasteiger partial charge is 0.673 e. The number of ketones is 1. The zero-order valence-electron chi connectivity index (χ0n) is 23.1. The summed E-state index contributed by atoms with van der Waals surface area (Å²) in [5.74, 6) is -5.90. The zero-order valence-corrected chi connectivity index (χ0v) is 24.7. The SMILES string of the molecule is COc1ccc(Sc2cc(F)c(F)c(F)c2F)c(-c2ccc(Sc3ccccc3C(=[OH+])c3ccccc3)cc2)c1.F[B-](F)(F)F. The minimum absolute atomic E-state index is 0.180. The van der Waals surface area contributed by atoms with Crippen LogP contribution in [-0.4, -0.2) is 24.9 Å². The minimum atomic E-state index is -6.00. The maximum absolute atomic E-state index is 14.4. The summed E-state index contributed by atoms with van der Waals surface area (Å²) < 4.78 is 99.9. The Kier molecular flexibility index (Phi) is 11.0. The Morgan fingerprint density at radius 2 is 1.27 bits per heavy atom. The van der Waals surface area contributed by atoms with Gasteiger partial charge in [0, 0.05) is 14.7 Å². The lowest BCUT2D eigenvalue weighted by molar-refractivity contribution is 0.368. The highest BCUT2D eigenvalue weighted by atomic mass is 32.2. The zero-order chi connectivity index (χ0) is 32.7. The molecule has 0 atom stereocenters. The van der Waals surface area contributed by atoms with Crippen molar-refractivity contribution >= 4 is 36.6 Å². The van der Waals surface area contributed by atoms with Crippen molar-refractivity contribution in [1.29, 1.82) is 0 Å². The topological polar surface area (TPSA) is 30.6 Å². The molecular formula is C32H21BF8O2S2. The Morgan fingerprint density at radius 1 is 0.644 bits per heavy atom. The Labute approximate surface area is 261 Å². The number of carbonyl (C=O) groups excluding carboxylic acids is 1. The van der Waals surface area contributed by atoms with Gasteiger partial charge in [0.05, 0.1) is 23.1 Å². The number of halogens is 8. The number of hydrogen-bond acceptors (Lipinski definition) is 3. The van der Waals surface area contributed by atoms with Gasteiger partial charge >= 0.3 is 13.0 Å². The molecule has 0 aromatic heterocycles. The summed E-state index contributed by atoms with van der Waals surface area (Å²) in [6.45, 7) is 0. The van der Waals surface area contributed by atoms with Crippen molar-refractivity contribution in [3.8, 4) is 16.9 Å². The van der Waals surface area contributed by atoms with Gasteiger partial charge in [-0.1, -0.05) is 66.0 Å². The van der Waals surface area contributed by atoms with Gasteiger partial charge in [-0.3, -0.25) is 4.79 Å². The van der Waals surface area contributed by atoms with Crippen LogP contribution in [0.4, 0.5) is 34.8 Å². The van der Waals surface area contributed by atoms with E-state index in [1.165, 1.54) is 18.9 Å². The van der Waals surface area contributed by atoms with Gasteiger partial charge in [0.2, 0.25) is 0 Å². The first-order valence-electron chi connectivity index (χ1n) is 12.9. The van der Waals surface area contributed by atoms with E-state index in [1.54, 1.807) is 18.2 Å². The highest BCUT2D eigenvalue weighted by Crippen LogP contribution is 2.41. The average molecular weight is 664 g/mol. The minimum Gasteiger partial charge on any atom is -0.497 e. The Hall–Kier alpha value is -4.23. The number of rotatable bonds is 8. The van der Waals surface area contributed by atoms with Crippen LogP contribution in [0.15, 0.2) is 123 Å². The molecule has 0 saturated carbocycles. The Morgan fingerprint density at radius 3 is 1.91 bits per heavy atom. The van der Waals surface area contributed by atoms with E-state index in [-0.39, 0.29) is 10.7 Å². The molecule has 5 aromatic rings. The van der Waals surface area contributed by atoms with E-state index in [0.717, 1.165) is 27.1 Å². The Bertz CT molecular complexity index is 1790. The van der Waals surface area contributed by atoms with Gasteiger partial charge in [-0.15, -0.1) is 0 Å². The molecule has 0 amide bonds. The average Bonchev–Trinajstić information content (AvgIpc) is 3.03. The molecule has 0 aliphatic rings. The summed E-state index contributed by atoms with van der Waals surface area (Å²) >= 11 is 2.27. The first-order chi connectivity index (χ1) is 21.4. The summed E-state index contributed by atoms with van der Waals surface area (Å²) in [4.78, 5) is 12.8. The van der Waals surface area contributed by atoms with Crippen molar-refractivity contribution < 1.29 is 44.4 Å². The van der Waals surface area contributed by atoms with Gasteiger partial charge in [0.1, 0.15) is 5.75 Å². The van der Waals surface area contributed by atoms with Crippen LogP contribution in [0.25, 0.3) is 11.1 Å². The molecule has 0 fully saturated rings. The highest BCUT2D eigenvalue weighted by molar-refractivity contribution is 7.99. The monoisotopic (exact) mass is 664 g/mol. The molecule has 0 unspecified atom stereocenters. The van der Waals surface area contributed by atoms with Crippen molar-refractivity contribution in [2.24, 2.45) is 0 Å². The van der Waals surface area contributed by atoms with E-state index >= 15 is 0 Å². The molecule has 0 radical (unpaired) electrons. The van der Waals surface area contributed by atoms with Crippen molar-refractivity contribution in [3.05, 3.63) is 138 Å². The number of methoxy groups -OCH3 is 1. The molecule has 0 spiro atoms. The third-order valence-corrected chi connectivity index (χ3v) is 8.24. The van der Waals surface area contributed by atoms with Crippen LogP contribution in [-0.2, 0) is 0 Å². The van der Waals surface area contributed by atoms with Gasteiger partial charge in [0.15, 0.2) is 23.3 Å². The molecule has 2 nitrogen and oxygen atoms in total. The third kappa shape index (κ3) is 8.92. The molecule has 5 aromatic carbocycles. The Balaban J connectivity index is 0.000000854. The molecule has 1 N–H and O–H groups in total. The summed E-state index contributed by atoms with van der Waals surface area (Å²) in [7, 11) is -4.49. The van der Waals surface area contributed by atoms with Gasteiger partial charge in [-0.25, -0.2) is 17.6 Å². The van der Waals surface area contributed by atoms with Gasteiger partial charge < -0.3 is 22.0 Å². The van der Waals surface area contributed by atoms with Gasteiger partial charge in [-0.05, 0) is 71.8 Å². The normalized spacial score (nSPS) is 11.0. The molecule has 0 aliphatic carbocycles. The second-order valence-electron chi connectivity index (χ2n) is 9.09. The standard InChI is InChI=1S/C32H20F4O2S2.BF4/c1-38-21-13-16-27(40-28-18-25(33)29(34)31(36)30(28)35)24(17-21)19-11-14-22(15-12-19)39-26-10-6-5-9-23(26)32(37)20-7-3-2-4-8-20;2-1(3,4)5/h2-18H,1H3;/q;-1/p+1. The second-order valence-corrected chi connectivity index (χ2v) is 11.3. The van der Waals surface area contributed by atoms with E-state index in [2.05, 4.69) is 0 Å². The lowest BCUT2D eigenvalue weighted by atomic mass is 10.0. The summed E-state index contributed by atoms with van der Waals surface area (Å²) in [5, 5.41) is 0. The number of benzene rings is 5. The fourth-order valence-corrected chi connectivity index (χ4v) is 5.98.